The van der Waals surface area contributed by atoms with Crippen LogP contribution in [0.25, 0.3) is 17.3 Å². The third kappa shape index (κ3) is 5.26. The van der Waals surface area contributed by atoms with E-state index in [-0.39, 0.29) is 17.9 Å². The predicted octanol–water partition coefficient (Wildman–Crippen LogP) is 3.25. The smallest absolute Gasteiger partial charge is 0.406 e. The van der Waals surface area contributed by atoms with Gasteiger partial charge in [0, 0.05) is 17.3 Å². The highest BCUT2D eigenvalue weighted by molar-refractivity contribution is 6.31. The second-order valence-corrected chi connectivity index (χ2v) is 6.98. The van der Waals surface area contributed by atoms with E-state index >= 15 is 0 Å². The second-order valence-electron chi connectivity index (χ2n) is 6.98. The molecule has 1 aliphatic heterocycles. The van der Waals surface area contributed by atoms with Crippen LogP contribution in [0, 0.1) is 0 Å². The molecule has 2 heterocycles. The number of hydrogen-bond acceptors (Lipinski definition) is 5. The van der Waals surface area contributed by atoms with Crippen LogP contribution in [-0.2, 0) is 16.1 Å². The summed E-state index contributed by atoms with van der Waals surface area (Å²) in [6.45, 7) is 0.201. The van der Waals surface area contributed by atoms with Crippen molar-refractivity contribution in [1.29, 1.82) is 0 Å². The fourth-order valence-corrected chi connectivity index (χ4v) is 3.19. The zero-order chi connectivity index (χ0) is 23.6. The molecule has 33 heavy (non-hydrogen) atoms. The van der Waals surface area contributed by atoms with Gasteiger partial charge in [0.2, 0.25) is 0 Å². The van der Waals surface area contributed by atoms with E-state index < -0.39 is 24.2 Å². The summed E-state index contributed by atoms with van der Waals surface area (Å²) in [4.78, 5) is 35.5. The summed E-state index contributed by atoms with van der Waals surface area (Å²) in [5.41, 5.74) is 2.00. The zero-order valence-corrected chi connectivity index (χ0v) is 16.7. The van der Waals surface area contributed by atoms with Crippen LogP contribution in [-0.4, -0.2) is 34.0 Å². The third-order valence-electron chi connectivity index (χ3n) is 4.58. The van der Waals surface area contributed by atoms with Gasteiger partial charge in [0.15, 0.2) is 0 Å². The van der Waals surface area contributed by atoms with Crippen molar-refractivity contribution in [3.8, 4) is 17.0 Å². The highest BCUT2D eigenvalue weighted by Crippen LogP contribution is 2.26. The van der Waals surface area contributed by atoms with Gasteiger partial charge in [-0.2, -0.15) is 5.10 Å². The predicted molar refractivity (Wildman–Crippen MR) is 110 cm³/mol. The van der Waals surface area contributed by atoms with Gasteiger partial charge in [0.05, 0.1) is 12.2 Å². The molecular weight excluding hydrogens is 441 g/mol. The van der Waals surface area contributed by atoms with E-state index in [1.807, 2.05) is 16.7 Å². The van der Waals surface area contributed by atoms with E-state index in [9.17, 15) is 27.6 Å². The maximum Gasteiger partial charge on any atom is 0.573 e. The molecule has 0 spiro atoms. The van der Waals surface area contributed by atoms with Gasteiger partial charge in [0.25, 0.3) is 11.8 Å². The number of alkyl halides is 3. The van der Waals surface area contributed by atoms with Crippen molar-refractivity contribution in [1.82, 2.24) is 20.4 Å². The molecule has 0 atom stereocenters. The molecule has 0 saturated carbocycles. The second kappa shape index (κ2) is 8.61. The third-order valence-corrected chi connectivity index (χ3v) is 4.58. The minimum Gasteiger partial charge on any atom is -0.406 e. The van der Waals surface area contributed by atoms with E-state index in [1.54, 1.807) is 30.5 Å². The van der Waals surface area contributed by atoms with Gasteiger partial charge in [-0.25, -0.2) is 4.79 Å². The van der Waals surface area contributed by atoms with Crippen LogP contribution < -0.4 is 15.4 Å². The number of urea groups is 1. The summed E-state index contributed by atoms with van der Waals surface area (Å²) in [5, 5.41) is 8.54. The van der Waals surface area contributed by atoms with Crippen LogP contribution in [0.1, 0.15) is 11.1 Å². The highest BCUT2D eigenvalue weighted by atomic mass is 19.4. The number of ether oxygens (including phenoxy) is 1. The summed E-state index contributed by atoms with van der Waals surface area (Å²) < 4.78 is 42.4. The number of rotatable bonds is 5. The van der Waals surface area contributed by atoms with Crippen LogP contribution in [0.5, 0.6) is 5.75 Å². The van der Waals surface area contributed by atoms with Crippen molar-refractivity contribution >= 4 is 23.9 Å². The van der Waals surface area contributed by atoms with E-state index in [4.69, 9.17) is 0 Å². The SMILES string of the molecule is O=C1NC(=O)C(=Cc2cn(Cc3ccc(OC(F)(F)F)cc3)nc2-c2ccccc2)C(=O)N1. The number of carbonyl (C=O) groups is 3. The largest absolute Gasteiger partial charge is 0.573 e. The van der Waals surface area contributed by atoms with Gasteiger partial charge in [-0.3, -0.25) is 24.9 Å². The number of halogens is 3. The van der Waals surface area contributed by atoms with Crippen LogP contribution in [0.15, 0.2) is 66.4 Å². The molecule has 4 rings (SSSR count). The number of imide groups is 2. The Kier molecular flexibility index (Phi) is 5.69. The summed E-state index contributed by atoms with van der Waals surface area (Å²) >= 11 is 0. The van der Waals surface area contributed by atoms with Crippen LogP contribution in [0.2, 0.25) is 0 Å². The molecule has 1 fully saturated rings. The van der Waals surface area contributed by atoms with Gasteiger partial charge in [-0.05, 0) is 23.8 Å². The first-order chi connectivity index (χ1) is 15.7. The Morgan fingerprint density at radius 3 is 2.18 bits per heavy atom. The molecule has 0 unspecified atom stereocenters. The van der Waals surface area contributed by atoms with Crippen molar-refractivity contribution < 1.29 is 32.3 Å². The van der Waals surface area contributed by atoms with E-state index in [0.29, 0.717) is 22.4 Å². The number of nitrogens with zero attached hydrogens (tertiary/aromatic N) is 2. The summed E-state index contributed by atoms with van der Waals surface area (Å²) in [6.07, 6.45) is -1.87. The maximum absolute atomic E-state index is 12.3. The minimum atomic E-state index is -4.78. The van der Waals surface area contributed by atoms with Crippen molar-refractivity contribution in [2.45, 2.75) is 12.9 Å². The minimum absolute atomic E-state index is 0.201. The average Bonchev–Trinajstić information content (AvgIpc) is 3.14. The number of hydrogen-bond donors (Lipinski definition) is 2. The molecule has 168 valence electrons. The van der Waals surface area contributed by atoms with E-state index in [0.717, 1.165) is 0 Å². The van der Waals surface area contributed by atoms with Crippen LogP contribution >= 0.6 is 0 Å². The number of nitrogens with one attached hydrogen (secondary N) is 2. The quantitative estimate of drug-likeness (QED) is 0.453. The van der Waals surface area contributed by atoms with Crippen molar-refractivity contribution in [2.24, 2.45) is 0 Å². The normalized spacial score (nSPS) is 14.0. The molecular formula is C22H15F3N4O4. The van der Waals surface area contributed by atoms with Gasteiger partial charge in [0.1, 0.15) is 11.3 Å². The van der Waals surface area contributed by atoms with Crippen LogP contribution in [0.3, 0.4) is 0 Å². The molecule has 1 aromatic heterocycles. The Morgan fingerprint density at radius 1 is 0.939 bits per heavy atom. The molecule has 1 saturated heterocycles. The van der Waals surface area contributed by atoms with Crippen molar-refractivity contribution in [3.63, 3.8) is 0 Å². The van der Waals surface area contributed by atoms with Crippen molar-refractivity contribution in [3.05, 3.63) is 77.5 Å². The Morgan fingerprint density at radius 2 is 1.58 bits per heavy atom. The number of barbiturate groups is 1. The Bertz CT molecular complexity index is 1230. The molecule has 3 aromatic rings. The molecule has 2 aromatic carbocycles. The first kappa shape index (κ1) is 21.8. The van der Waals surface area contributed by atoms with Gasteiger partial charge >= 0.3 is 12.4 Å². The van der Waals surface area contributed by atoms with Gasteiger partial charge < -0.3 is 4.74 Å². The molecule has 2 N–H and O–H groups in total. The van der Waals surface area contributed by atoms with Crippen LogP contribution in [0.4, 0.5) is 18.0 Å². The standard InChI is InChI=1S/C22H15F3N4O4/c23-22(24,25)33-16-8-6-13(7-9-16)11-29-12-15(18(28-29)14-4-2-1-3-5-14)10-17-19(30)26-21(32)27-20(17)31/h1-10,12H,11H2,(H2,26,27,30,31,32). The molecule has 0 bridgehead atoms. The number of amides is 4. The summed E-state index contributed by atoms with van der Waals surface area (Å²) in [7, 11) is 0. The van der Waals surface area contributed by atoms with E-state index in [1.165, 1.54) is 35.0 Å². The topological polar surface area (TPSA) is 102 Å². The Labute approximate surface area is 184 Å². The lowest BCUT2D eigenvalue weighted by molar-refractivity contribution is -0.274. The molecule has 11 heteroatoms. The van der Waals surface area contributed by atoms with Gasteiger partial charge in [-0.1, -0.05) is 42.5 Å². The molecule has 1 aliphatic rings. The zero-order valence-electron chi connectivity index (χ0n) is 16.7. The average molecular weight is 456 g/mol. The maximum atomic E-state index is 12.3. The lowest BCUT2D eigenvalue weighted by atomic mass is 10.0. The first-order valence-corrected chi connectivity index (χ1v) is 9.54. The molecule has 0 aliphatic carbocycles. The highest BCUT2D eigenvalue weighted by Gasteiger charge is 2.31. The monoisotopic (exact) mass is 456 g/mol. The Balaban J connectivity index is 1.66. The fourth-order valence-electron chi connectivity index (χ4n) is 3.19. The molecule has 4 amide bonds. The molecule has 0 radical (unpaired) electrons. The lowest BCUT2D eigenvalue weighted by Gasteiger charge is -2.13. The van der Waals surface area contributed by atoms with Crippen molar-refractivity contribution in [2.75, 3.05) is 0 Å². The lowest BCUT2D eigenvalue weighted by Crippen LogP contribution is -2.51. The number of benzene rings is 2. The molecule has 8 nitrogen and oxygen atoms in total. The first-order valence-electron chi connectivity index (χ1n) is 9.54. The van der Waals surface area contributed by atoms with Gasteiger partial charge in [-0.15, -0.1) is 13.2 Å². The fraction of sp³-hybridized carbons (Fsp3) is 0.0909. The number of carbonyl (C=O) groups excluding carboxylic acids is 3. The number of aromatic nitrogens is 2. The Hall–Kier alpha value is -4.41. The van der Waals surface area contributed by atoms with E-state index in [2.05, 4.69) is 9.84 Å². The summed E-state index contributed by atoms with van der Waals surface area (Å²) in [5.74, 6) is -2.02. The summed E-state index contributed by atoms with van der Waals surface area (Å²) in [6, 6.07) is 13.4.